The maximum absolute atomic E-state index is 12.6. The minimum absolute atomic E-state index is 0.0952. The minimum Gasteiger partial charge on any atom is -0.352 e. The second kappa shape index (κ2) is 8.64. The van der Waals surface area contributed by atoms with Crippen molar-refractivity contribution in [3.05, 3.63) is 59.7 Å². The van der Waals surface area contributed by atoms with E-state index < -0.39 is 0 Å². The van der Waals surface area contributed by atoms with Gasteiger partial charge in [0.15, 0.2) is 5.69 Å². The first-order valence-corrected chi connectivity index (χ1v) is 9.37. The normalized spacial score (nSPS) is 10.6. The highest BCUT2D eigenvalue weighted by Gasteiger charge is 2.19. The Labute approximate surface area is 169 Å². The number of hydrogen-bond donors (Lipinski definition) is 1. The SMILES string of the molecule is CCN(C)C(=O)c1cc(-c2ccc(CNC(C)=O)cn2)n(-c2ccc(C)nc2)n1. The molecule has 3 rings (SSSR count). The first kappa shape index (κ1) is 20.2. The summed E-state index contributed by atoms with van der Waals surface area (Å²) in [7, 11) is 1.74. The molecule has 0 aliphatic rings. The van der Waals surface area contributed by atoms with Crippen molar-refractivity contribution < 1.29 is 9.59 Å². The van der Waals surface area contributed by atoms with Crippen LogP contribution in [0, 0.1) is 6.92 Å². The van der Waals surface area contributed by atoms with Gasteiger partial charge < -0.3 is 10.2 Å². The zero-order valence-electron chi connectivity index (χ0n) is 17.0. The van der Waals surface area contributed by atoms with Crippen LogP contribution in [0.25, 0.3) is 17.1 Å². The molecule has 3 heterocycles. The average Bonchev–Trinajstić information content (AvgIpc) is 3.17. The summed E-state index contributed by atoms with van der Waals surface area (Å²) >= 11 is 0. The van der Waals surface area contributed by atoms with Gasteiger partial charge in [-0.25, -0.2) is 4.68 Å². The summed E-state index contributed by atoms with van der Waals surface area (Å²) in [5, 5.41) is 7.27. The lowest BCUT2D eigenvalue weighted by Crippen LogP contribution is -2.26. The molecule has 0 atom stereocenters. The van der Waals surface area contributed by atoms with Gasteiger partial charge in [0, 0.05) is 39.0 Å². The molecule has 150 valence electrons. The van der Waals surface area contributed by atoms with E-state index in [0.29, 0.717) is 30.2 Å². The molecule has 3 aromatic rings. The van der Waals surface area contributed by atoms with E-state index in [9.17, 15) is 9.59 Å². The first-order chi connectivity index (χ1) is 13.9. The molecule has 0 fully saturated rings. The molecule has 0 saturated heterocycles. The predicted octanol–water partition coefficient (Wildman–Crippen LogP) is 2.37. The molecule has 29 heavy (non-hydrogen) atoms. The van der Waals surface area contributed by atoms with Gasteiger partial charge >= 0.3 is 0 Å². The smallest absolute Gasteiger partial charge is 0.274 e. The molecule has 0 saturated carbocycles. The predicted molar refractivity (Wildman–Crippen MR) is 109 cm³/mol. The molecule has 0 spiro atoms. The van der Waals surface area contributed by atoms with Crippen LogP contribution in [0.4, 0.5) is 0 Å². The number of carbonyl (C=O) groups excluding carboxylic acids is 2. The van der Waals surface area contributed by atoms with Crippen LogP contribution in [0.1, 0.15) is 35.6 Å². The van der Waals surface area contributed by atoms with Crippen LogP contribution in [0.5, 0.6) is 0 Å². The van der Waals surface area contributed by atoms with E-state index in [-0.39, 0.29) is 11.8 Å². The lowest BCUT2D eigenvalue weighted by atomic mass is 10.2. The van der Waals surface area contributed by atoms with Crippen molar-refractivity contribution in [2.75, 3.05) is 13.6 Å². The summed E-state index contributed by atoms with van der Waals surface area (Å²) in [6.45, 7) is 6.29. The van der Waals surface area contributed by atoms with Gasteiger partial charge in [-0.3, -0.25) is 19.6 Å². The maximum Gasteiger partial charge on any atom is 0.274 e. The molecule has 8 heteroatoms. The van der Waals surface area contributed by atoms with E-state index in [1.54, 1.807) is 35.1 Å². The Morgan fingerprint density at radius 2 is 1.93 bits per heavy atom. The topological polar surface area (TPSA) is 93.0 Å². The molecular formula is C21H24N6O2. The number of hydrogen-bond acceptors (Lipinski definition) is 5. The third kappa shape index (κ3) is 4.66. The number of rotatable bonds is 6. The van der Waals surface area contributed by atoms with Crippen molar-refractivity contribution in [2.24, 2.45) is 0 Å². The zero-order chi connectivity index (χ0) is 21.0. The first-order valence-electron chi connectivity index (χ1n) is 9.37. The van der Waals surface area contributed by atoms with E-state index >= 15 is 0 Å². The largest absolute Gasteiger partial charge is 0.352 e. The molecule has 0 aromatic carbocycles. The van der Waals surface area contributed by atoms with Gasteiger partial charge in [-0.15, -0.1) is 0 Å². The third-order valence-corrected chi connectivity index (χ3v) is 4.52. The van der Waals surface area contributed by atoms with E-state index in [1.165, 1.54) is 6.92 Å². The molecule has 0 radical (unpaired) electrons. The lowest BCUT2D eigenvalue weighted by molar-refractivity contribution is -0.119. The average molecular weight is 392 g/mol. The number of amides is 2. The van der Waals surface area contributed by atoms with Crippen LogP contribution in [0.15, 0.2) is 42.7 Å². The summed E-state index contributed by atoms with van der Waals surface area (Å²) in [6.07, 6.45) is 3.42. The zero-order valence-corrected chi connectivity index (χ0v) is 17.0. The molecule has 8 nitrogen and oxygen atoms in total. The van der Waals surface area contributed by atoms with Crippen LogP contribution in [0.3, 0.4) is 0 Å². The summed E-state index contributed by atoms with van der Waals surface area (Å²) in [4.78, 5) is 34.2. The van der Waals surface area contributed by atoms with E-state index in [4.69, 9.17) is 0 Å². The number of aromatic nitrogens is 4. The van der Waals surface area contributed by atoms with Crippen molar-refractivity contribution in [3.63, 3.8) is 0 Å². The standard InChI is InChI=1S/C21H24N6O2/c1-5-26(4)21(29)19-10-20(27(25-19)17-8-6-14(2)22-13-17)18-9-7-16(12-24-18)11-23-15(3)28/h6-10,12-13H,5,11H2,1-4H3,(H,23,28). The molecule has 0 aliphatic carbocycles. The fraction of sp³-hybridized carbons (Fsp3) is 0.286. The number of aryl methyl sites for hydroxylation is 1. The molecule has 0 unspecified atom stereocenters. The van der Waals surface area contributed by atoms with Crippen molar-refractivity contribution >= 4 is 11.8 Å². The van der Waals surface area contributed by atoms with Gasteiger partial charge in [0.1, 0.15) is 0 Å². The Balaban J connectivity index is 2.01. The Kier molecular flexibility index (Phi) is 6.01. The van der Waals surface area contributed by atoms with Crippen molar-refractivity contribution in [3.8, 4) is 17.1 Å². The van der Waals surface area contributed by atoms with Gasteiger partial charge in [0.05, 0.1) is 23.3 Å². The van der Waals surface area contributed by atoms with Crippen LogP contribution in [0.2, 0.25) is 0 Å². The van der Waals surface area contributed by atoms with Gasteiger partial charge in [0.25, 0.3) is 5.91 Å². The minimum atomic E-state index is -0.158. The lowest BCUT2D eigenvalue weighted by Gasteiger charge is -2.11. The maximum atomic E-state index is 12.6. The van der Waals surface area contributed by atoms with Gasteiger partial charge in [0.2, 0.25) is 5.91 Å². The summed E-state index contributed by atoms with van der Waals surface area (Å²) in [5.41, 5.74) is 4.22. The van der Waals surface area contributed by atoms with Gasteiger partial charge in [-0.1, -0.05) is 6.07 Å². The van der Waals surface area contributed by atoms with Crippen LogP contribution < -0.4 is 5.32 Å². The molecule has 3 aromatic heterocycles. The highest BCUT2D eigenvalue weighted by Crippen LogP contribution is 2.23. The Bertz CT molecular complexity index is 1010. The molecule has 0 aliphatic heterocycles. The highest BCUT2D eigenvalue weighted by atomic mass is 16.2. The number of carbonyl (C=O) groups is 2. The van der Waals surface area contributed by atoms with E-state index in [1.807, 2.05) is 38.1 Å². The Hall–Kier alpha value is -3.55. The van der Waals surface area contributed by atoms with E-state index in [2.05, 4.69) is 20.4 Å². The van der Waals surface area contributed by atoms with E-state index in [0.717, 1.165) is 16.9 Å². The number of nitrogens with zero attached hydrogens (tertiary/aromatic N) is 5. The number of pyridine rings is 2. The molecule has 2 amide bonds. The summed E-state index contributed by atoms with van der Waals surface area (Å²) < 4.78 is 1.68. The second-order valence-electron chi connectivity index (χ2n) is 6.77. The highest BCUT2D eigenvalue weighted by molar-refractivity contribution is 5.93. The van der Waals surface area contributed by atoms with Crippen molar-refractivity contribution in [2.45, 2.75) is 27.3 Å². The summed E-state index contributed by atoms with van der Waals surface area (Å²) in [5.74, 6) is -0.253. The summed E-state index contributed by atoms with van der Waals surface area (Å²) in [6, 6.07) is 9.28. The van der Waals surface area contributed by atoms with Gasteiger partial charge in [-0.05, 0) is 43.7 Å². The van der Waals surface area contributed by atoms with Crippen molar-refractivity contribution in [1.82, 2.24) is 30.0 Å². The fourth-order valence-corrected chi connectivity index (χ4v) is 2.70. The Morgan fingerprint density at radius 3 is 2.52 bits per heavy atom. The fourth-order valence-electron chi connectivity index (χ4n) is 2.70. The second-order valence-corrected chi connectivity index (χ2v) is 6.77. The monoisotopic (exact) mass is 392 g/mol. The Morgan fingerprint density at radius 1 is 1.14 bits per heavy atom. The quantitative estimate of drug-likeness (QED) is 0.695. The molecule has 0 bridgehead atoms. The van der Waals surface area contributed by atoms with Crippen LogP contribution in [-0.4, -0.2) is 50.1 Å². The third-order valence-electron chi connectivity index (χ3n) is 4.52. The van der Waals surface area contributed by atoms with Gasteiger partial charge in [-0.2, -0.15) is 5.10 Å². The van der Waals surface area contributed by atoms with Crippen molar-refractivity contribution in [1.29, 1.82) is 0 Å². The molecule has 1 N–H and O–H groups in total. The molecular weight excluding hydrogens is 368 g/mol. The number of nitrogens with one attached hydrogen (secondary N) is 1. The van der Waals surface area contributed by atoms with Crippen LogP contribution >= 0.6 is 0 Å². The van der Waals surface area contributed by atoms with Crippen LogP contribution in [-0.2, 0) is 11.3 Å².